The van der Waals surface area contributed by atoms with Crippen LogP contribution in [0, 0.1) is 5.92 Å². The molecule has 0 bridgehead atoms. The highest BCUT2D eigenvalue weighted by Gasteiger charge is 2.47. The van der Waals surface area contributed by atoms with E-state index in [1.807, 2.05) is 7.11 Å². The zero-order valence-electron chi connectivity index (χ0n) is 12.5. The van der Waals surface area contributed by atoms with Gasteiger partial charge >= 0.3 is 0 Å². The van der Waals surface area contributed by atoms with Crippen LogP contribution in [0.3, 0.4) is 0 Å². The number of likely N-dealkylation sites (N-methyl/N-ethyl adjacent to an activating group) is 1. The van der Waals surface area contributed by atoms with Crippen molar-refractivity contribution >= 4 is 7.85 Å². The summed E-state index contributed by atoms with van der Waals surface area (Å²) in [6, 6.07) is 0.702. The lowest BCUT2D eigenvalue weighted by Crippen LogP contribution is -2.45. The Hall–Kier alpha value is -0.0151. The van der Waals surface area contributed by atoms with Crippen molar-refractivity contribution in [1.29, 1.82) is 0 Å². The normalized spacial score (nSPS) is 46.4. The largest absolute Gasteiger partial charge is 0.383 e. The number of likely N-dealkylation sites (tertiary alicyclic amines) is 1. The molecular formula is C15H28BNO. The highest BCUT2D eigenvalue weighted by molar-refractivity contribution is 6.14. The van der Waals surface area contributed by atoms with Crippen LogP contribution in [0.25, 0.3) is 0 Å². The van der Waals surface area contributed by atoms with Crippen LogP contribution in [0.4, 0.5) is 0 Å². The molecule has 2 rings (SSSR count). The second-order valence-corrected chi connectivity index (χ2v) is 7.18. The van der Waals surface area contributed by atoms with Crippen LogP contribution < -0.4 is 0 Å². The molecule has 0 aromatic rings. The molecule has 0 N–H and O–H groups in total. The number of nitrogens with zero attached hydrogens (tertiary/aromatic N) is 1. The molecule has 4 atom stereocenters. The number of methoxy groups -OCH3 is 1. The Labute approximate surface area is 114 Å². The summed E-state index contributed by atoms with van der Waals surface area (Å²) in [7, 11) is 10.6. The van der Waals surface area contributed by atoms with Gasteiger partial charge in [0, 0.05) is 18.7 Å². The fourth-order valence-electron chi connectivity index (χ4n) is 4.25. The molecule has 4 unspecified atom stereocenters. The van der Waals surface area contributed by atoms with E-state index in [-0.39, 0.29) is 10.9 Å². The topological polar surface area (TPSA) is 12.5 Å². The summed E-state index contributed by atoms with van der Waals surface area (Å²) in [5, 5.41) is 0.0303. The fraction of sp³-hybridized carbons (Fsp3) is 1.00. The number of hydrogen-bond acceptors (Lipinski definition) is 2. The Morgan fingerprint density at radius 1 is 1.28 bits per heavy atom. The summed E-state index contributed by atoms with van der Waals surface area (Å²) in [5.41, 5.74) is 0.199. The highest BCUT2D eigenvalue weighted by Crippen LogP contribution is 2.48. The zero-order chi connectivity index (χ0) is 13.4. The first-order chi connectivity index (χ1) is 8.38. The van der Waals surface area contributed by atoms with E-state index >= 15 is 0 Å². The smallest absolute Gasteiger partial charge is 0.0742 e. The van der Waals surface area contributed by atoms with Crippen molar-refractivity contribution < 1.29 is 4.74 Å². The first kappa shape index (κ1) is 14.4. The lowest BCUT2D eigenvalue weighted by molar-refractivity contribution is 0.0469. The van der Waals surface area contributed by atoms with Crippen molar-refractivity contribution in [2.24, 2.45) is 5.92 Å². The van der Waals surface area contributed by atoms with E-state index in [1.165, 1.54) is 38.5 Å². The molecule has 0 spiro atoms. The van der Waals surface area contributed by atoms with Gasteiger partial charge in [-0.3, -0.25) is 4.90 Å². The van der Waals surface area contributed by atoms with Gasteiger partial charge in [-0.2, -0.15) is 0 Å². The molecule has 2 aliphatic rings. The van der Waals surface area contributed by atoms with Gasteiger partial charge in [0.1, 0.15) is 0 Å². The van der Waals surface area contributed by atoms with Gasteiger partial charge < -0.3 is 4.74 Å². The maximum atomic E-state index is 6.46. The third kappa shape index (κ3) is 2.77. The summed E-state index contributed by atoms with van der Waals surface area (Å²) < 4.78 is 5.45. The van der Waals surface area contributed by atoms with Gasteiger partial charge in [0.2, 0.25) is 0 Å². The van der Waals surface area contributed by atoms with Crippen molar-refractivity contribution in [2.75, 3.05) is 20.8 Å². The molecule has 2 fully saturated rings. The van der Waals surface area contributed by atoms with Crippen molar-refractivity contribution in [1.82, 2.24) is 4.90 Å². The van der Waals surface area contributed by atoms with Crippen LogP contribution in [0.1, 0.15) is 52.4 Å². The maximum Gasteiger partial charge on any atom is 0.0742 e. The minimum atomic E-state index is 0.0303. The zero-order valence-corrected chi connectivity index (χ0v) is 12.5. The van der Waals surface area contributed by atoms with E-state index in [0.717, 1.165) is 12.5 Å². The molecule has 102 valence electrons. The highest BCUT2D eigenvalue weighted by atomic mass is 16.5. The van der Waals surface area contributed by atoms with E-state index in [1.54, 1.807) is 0 Å². The minimum absolute atomic E-state index is 0.0303. The molecule has 1 saturated carbocycles. The van der Waals surface area contributed by atoms with Gasteiger partial charge in [0.05, 0.1) is 14.5 Å². The summed E-state index contributed by atoms with van der Waals surface area (Å²) in [4.78, 5) is 2.57. The molecule has 1 saturated heterocycles. The van der Waals surface area contributed by atoms with E-state index in [4.69, 9.17) is 12.6 Å². The van der Waals surface area contributed by atoms with Crippen LogP contribution in [0.15, 0.2) is 0 Å². The Bertz CT molecular complexity index is 294. The Kier molecular flexibility index (Phi) is 4.13. The van der Waals surface area contributed by atoms with Crippen LogP contribution in [-0.2, 0) is 4.74 Å². The summed E-state index contributed by atoms with van der Waals surface area (Å²) in [6.45, 7) is 5.41. The van der Waals surface area contributed by atoms with Gasteiger partial charge in [0.25, 0.3) is 0 Å². The van der Waals surface area contributed by atoms with Gasteiger partial charge in [-0.25, -0.2) is 0 Å². The third-order valence-electron chi connectivity index (χ3n) is 5.28. The predicted molar refractivity (Wildman–Crippen MR) is 77.1 cm³/mol. The Morgan fingerprint density at radius 3 is 2.67 bits per heavy atom. The van der Waals surface area contributed by atoms with Crippen molar-refractivity contribution in [2.45, 2.75) is 69.3 Å². The molecular weight excluding hydrogens is 221 g/mol. The molecule has 1 aliphatic heterocycles. The molecule has 0 aromatic heterocycles. The van der Waals surface area contributed by atoms with Crippen LogP contribution >= 0.6 is 0 Å². The second-order valence-electron chi connectivity index (χ2n) is 7.18. The first-order valence-electron chi connectivity index (χ1n) is 7.39. The number of hydrogen-bond donors (Lipinski definition) is 0. The summed E-state index contributed by atoms with van der Waals surface area (Å²) in [6.07, 6.45) is 7.51. The monoisotopic (exact) mass is 249 g/mol. The van der Waals surface area contributed by atoms with Crippen molar-refractivity contribution in [3.05, 3.63) is 0 Å². The van der Waals surface area contributed by atoms with Crippen LogP contribution in [0.5, 0.6) is 0 Å². The Morgan fingerprint density at radius 2 is 2.00 bits per heavy atom. The molecule has 3 heteroatoms. The van der Waals surface area contributed by atoms with Crippen molar-refractivity contribution in [3.8, 4) is 0 Å². The lowest BCUT2D eigenvalue weighted by atomic mass is 9.60. The average molecular weight is 249 g/mol. The van der Waals surface area contributed by atoms with Crippen LogP contribution in [0.2, 0.25) is 5.31 Å². The minimum Gasteiger partial charge on any atom is -0.383 e. The second kappa shape index (κ2) is 5.17. The number of rotatable bonds is 2. The van der Waals surface area contributed by atoms with Gasteiger partial charge in [-0.15, -0.1) is 0 Å². The molecule has 1 heterocycles. The van der Waals surface area contributed by atoms with Gasteiger partial charge in [-0.1, -0.05) is 37.9 Å². The maximum absolute atomic E-state index is 6.46. The average Bonchev–Trinajstić information content (AvgIpc) is 2.45. The molecule has 0 amide bonds. The van der Waals surface area contributed by atoms with E-state index in [9.17, 15) is 0 Å². The Balaban J connectivity index is 2.15. The van der Waals surface area contributed by atoms with Crippen LogP contribution in [-0.4, -0.2) is 45.1 Å². The number of ether oxygens (including phenoxy) is 1. The fourth-order valence-corrected chi connectivity index (χ4v) is 4.25. The van der Waals surface area contributed by atoms with E-state index in [2.05, 4.69) is 25.8 Å². The van der Waals surface area contributed by atoms with E-state index in [0.29, 0.717) is 6.04 Å². The molecule has 2 nitrogen and oxygen atoms in total. The summed E-state index contributed by atoms with van der Waals surface area (Å²) in [5.74, 6) is 0.741. The predicted octanol–water partition coefficient (Wildman–Crippen LogP) is 3.02. The molecule has 1 aliphatic carbocycles. The lowest BCUT2D eigenvalue weighted by Gasteiger charge is -2.37. The van der Waals surface area contributed by atoms with Crippen molar-refractivity contribution in [3.63, 3.8) is 0 Å². The SMILES string of the molecule is [B]C1(C)CCCCC2C(C1)CC(C)(COC)N2C. The molecule has 0 aromatic carbocycles. The quantitative estimate of drug-likeness (QED) is 0.697. The molecule has 2 radical (unpaired) electrons. The molecule has 18 heavy (non-hydrogen) atoms. The summed E-state index contributed by atoms with van der Waals surface area (Å²) >= 11 is 0. The van der Waals surface area contributed by atoms with E-state index < -0.39 is 0 Å². The third-order valence-corrected chi connectivity index (χ3v) is 5.28. The standard InChI is InChI=1S/C15H28BNO/c1-14(16)8-6-5-7-13-12(9-14)10-15(2,11-18-4)17(13)3/h12-13H,5-11H2,1-4H3. The number of fused-ring (bicyclic) bond motifs is 1. The first-order valence-corrected chi connectivity index (χ1v) is 7.39. The van der Waals surface area contributed by atoms with Gasteiger partial charge in [-0.05, 0) is 32.7 Å². The van der Waals surface area contributed by atoms with Gasteiger partial charge in [0.15, 0.2) is 0 Å².